The van der Waals surface area contributed by atoms with Crippen molar-refractivity contribution in [2.45, 2.75) is 6.42 Å². The van der Waals surface area contributed by atoms with Crippen LogP contribution in [0, 0.1) is 0 Å². The third-order valence-corrected chi connectivity index (χ3v) is 1.13. The van der Waals surface area contributed by atoms with Crippen LogP contribution < -0.4 is 10.6 Å². The fraction of sp³-hybridized carbons (Fsp3) is 0.600. The average Bonchev–Trinajstić information content (AvgIpc) is 1.88. The largest absolute Gasteiger partial charge is 0.356 e. The first-order valence-electron chi connectivity index (χ1n) is 2.83. The number of guanidine groups is 1. The van der Waals surface area contributed by atoms with E-state index in [1.807, 2.05) is 0 Å². The molecule has 2 N–H and O–H groups in total. The van der Waals surface area contributed by atoms with Crippen molar-refractivity contribution >= 4 is 11.9 Å². The number of rotatable bonds is 0. The van der Waals surface area contributed by atoms with Crippen LogP contribution in [0.25, 0.3) is 0 Å². The van der Waals surface area contributed by atoms with E-state index in [9.17, 15) is 4.79 Å². The van der Waals surface area contributed by atoms with Crippen LogP contribution in [0.2, 0.25) is 0 Å². The lowest BCUT2D eigenvalue weighted by molar-refractivity contribution is -0.120. The maximum atomic E-state index is 10.6. The summed E-state index contributed by atoms with van der Waals surface area (Å²) in [4.78, 5) is 14.4. The Morgan fingerprint density at radius 1 is 1.67 bits per heavy atom. The third-order valence-electron chi connectivity index (χ3n) is 1.13. The Bertz CT molecular complexity index is 152. The van der Waals surface area contributed by atoms with E-state index < -0.39 is 0 Å². The van der Waals surface area contributed by atoms with Crippen LogP contribution >= 0.6 is 0 Å². The van der Waals surface area contributed by atoms with Crippen LogP contribution in [0.15, 0.2) is 4.99 Å². The predicted molar refractivity (Wildman–Crippen MR) is 34.1 cm³/mol. The summed E-state index contributed by atoms with van der Waals surface area (Å²) in [6, 6.07) is 0. The van der Waals surface area contributed by atoms with Gasteiger partial charge in [-0.3, -0.25) is 15.1 Å². The highest BCUT2D eigenvalue weighted by atomic mass is 16.1. The molecule has 0 atom stereocenters. The molecule has 50 valence electrons. The van der Waals surface area contributed by atoms with Gasteiger partial charge in [-0.25, -0.2) is 0 Å². The van der Waals surface area contributed by atoms with Gasteiger partial charge in [-0.15, -0.1) is 0 Å². The lowest BCUT2D eigenvalue weighted by atomic mass is 10.3. The molecule has 0 aliphatic carbocycles. The van der Waals surface area contributed by atoms with Gasteiger partial charge in [-0.2, -0.15) is 0 Å². The maximum absolute atomic E-state index is 10.6. The summed E-state index contributed by atoms with van der Waals surface area (Å²) in [5.41, 5.74) is 0. The van der Waals surface area contributed by atoms with Crippen molar-refractivity contribution < 1.29 is 4.79 Å². The monoisotopic (exact) mass is 127 g/mol. The molecule has 0 unspecified atom stereocenters. The minimum absolute atomic E-state index is 0.0364. The molecule has 0 aromatic rings. The number of carbonyl (C=O) groups excluding carboxylic acids is 1. The lowest BCUT2D eigenvalue weighted by Crippen LogP contribution is -2.47. The number of hydrogen-bond donors (Lipinski definition) is 2. The van der Waals surface area contributed by atoms with Gasteiger partial charge >= 0.3 is 0 Å². The molecule has 1 heterocycles. The van der Waals surface area contributed by atoms with E-state index in [2.05, 4.69) is 15.6 Å². The Hall–Kier alpha value is -1.06. The highest BCUT2D eigenvalue weighted by Gasteiger charge is 2.09. The van der Waals surface area contributed by atoms with Gasteiger partial charge in [-0.1, -0.05) is 0 Å². The minimum atomic E-state index is 0.0364. The second kappa shape index (κ2) is 2.48. The zero-order valence-electron chi connectivity index (χ0n) is 5.27. The van der Waals surface area contributed by atoms with Crippen LogP contribution in [0.3, 0.4) is 0 Å². The SMILES string of the molecule is CN=C1NCCC(=O)N1. The highest BCUT2D eigenvalue weighted by Crippen LogP contribution is 1.83. The summed E-state index contributed by atoms with van der Waals surface area (Å²) < 4.78 is 0. The molecule has 0 saturated carbocycles. The normalized spacial score (nSPS) is 23.2. The topological polar surface area (TPSA) is 53.5 Å². The fourth-order valence-electron chi connectivity index (χ4n) is 0.668. The zero-order chi connectivity index (χ0) is 6.69. The molecule has 0 radical (unpaired) electrons. The molecule has 0 aromatic heterocycles. The van der Waals surface area contributed by atoms with Crippen molar-refractivity contribution in [2.75, 3.05) is 13.6 Å². The number of amides is 1. The van der Waals surface area contributed by atoms with Crippen LogP contribution in [-0.2, 0) is 4.79 Å². The van der Waals surface area contributed by atoms with E-state index in [1.54, 1.807) is 7.05 Å². The summed E-state index contributed by atoms with van der Waals surface area (Å²) in [7, 11) is 1.63. The quantitative estimate of drug-likeness (QED) is 0.442. The molecular formula is C5H9N3O. The molecule has 0 spiro atoms. The van der Waals surface area contributed by atoms with Crippen molar-refractivity contribution in [1.82, 2.24) is 10.6 Å². The fourth-order valence-corrected chi connectivity index (χ4v) is 0.668. The van der Waals surface area contributed by atoms with E-state index in [1.165, 1.54) is 0 Å². The molecule has 1 rings (SSSR count). The van der Waals surface area contributed by atoms with E-state index >= 15 is 0 Å². The number of nitrogens with one attached hydrogen (secondary N) is 2. The summed E-state index contributed by atoms with van der Waals surface area (Å²) in [6.07, 6.45) is 0.541. The van der Waals surface area contributed by atoms with Gasteiger partial charge in [0.15, 0.2) is 5.96 Å². The van der Waals surface area contributed by atoms with Gasteiger partial charge in [0.25, 0.3) is 0 Å². The first kappa shape index (κ1) is 6.07. The van der Waals surface area contributed by atoms with Crippen LogP contribution in [0.1, 0.15) is 6.42 Å². The lowest BCUT2D eigenvalue weighted by Gasteiger charge is -2.14. The average molecular weight is 127 g/mol. The molecule has 9 heavy (non-hydrogen) atoms. The van der Waals surface area contributed by atoms with Crippen LogP contribution in [0.5, 0.6) is 0 Å². The summed E-state index contributed by atoms with van der Waals surface area (Å²) in [6.45, 7) is 0.693. The molecule has 1 amide bonds. The van der Waals surface area contributed by atoms with Crippen LogP contribution in [0.4, 0.5) is 0 Å². The zero-order valence-corrected chi connectivity index (χ0v) is 5.27. The van der Waals surface area contributed by atoms with Gasteiger partial charge < -0.3 is 5.32 Å². The molecular weight excluding hydrogens is 118 g/mol. The van der Waals surface area contributed by atoms with Crippen molar-refractivity contribution in [2.24, 2.45) is 4.99 Å². The number of nitrogens with zero attached hydrogens (tertiary/aromatic N) is 1. The smallest absolute Gasteiger partial charge is 0.228 e. The highest BCUT2D eigenvalue weighted by molar-refractivity contribution is 5.99. The van der Waals surface area contributed by atoms with Crippen molar-refractivity contribution in [3.63, 3.8) is 0 Å². The first-order valence-corrected chi connectivity index (χ1v) is 2.83. The van der Waals surface area contributed by atoms with E-state index in [0.29, 0.717) is 18.9 Å². The van der Waals surface area contributed by atoms with Gasteiger partial charge in [0.1, 0.15) is 0 Å². The molecule has 4 heteroatoms. The van der Waals surface area contributed by atoms with E-state index in [0.717, 1.165) is 0 Å². The number of carbonyl (C=O) groups is 1. The van der Waals surface area contributed by atoms with E-state index in [-0.39, 0.29) is 5.91 Å². The van der Waals surface area contributed by atoms with E-state index in [4.69, 9.17) is 0 Å². The second-order valence-corrected chi connectivity index (χ2v) is 1.80. The van der Waals surface area contributed by atoms with Crippen molar-refractivity contribution in [3.05, 3.63) is 0 Å². The van der Waals surface area contributed by atoms with Crippen LogP contribution in [-0.4, -0.2) is 25.5 Å². The molecule has 1 aliphatic heterocycles. The van der Waals surface area contributed by atoms with Gasteiger partial charge in [-0.05, 0) is 0 Å². The Morgan fingerprint density at radius 3 is 2.89 bits per heavy atom. The molecule has 0 aromatic carbocycles. The Kier molecular flexibility index (Phi) is 1.67. The minimum Gasteiger partial charge on any atom is -0.356 e. The third kappa shape index (κ3) is 1.42. The molecule has 1 saturated heterocycles. The summed E-state index contributed by atoms with van der Waals surface area (Å²) in [5.74, 6) is 0.612. The molecule has 1 fully saturated rings. The Balaban J connectivity index is 2.51. The number of aliphatic imine (C=N–C) groups is 1. The predicted octanol–water partition coefficient (Wildman–Crippen LogP) is -0.918. The molecule has 0 bridgehead atoms. The number of hydrogen-bond acceptors (Lipinski definition) is 2. The molecule has 1 aliphatic rings. The standard InChI is InChI=1S/C5H9N3O/c1-6-5-7-3-2-4(9)8-5/h2-3H2,1H3,(H2,6,7,8,9). The van der Waals surface area contributed by atoms with Crippen molar-refractivity contribution in [3.8, 4) is 0 Å². The second-order valence-electron chi connectivity index (χ2n) is 1.80. The maximum Gasteiger partial charge on any atom is 0.228 e. The van der Waals surface area contributed by atoms with Gasteiger partial charge in [0.2, 0.25) is 5.91 Å². The Labute approximate surface area is 53.3 Å². The van der Waals surface area contributed by atoms with Gasteiger partial charge in [0, 0.05) is 20.0 Å². The van der Waals surface area contributed by atoms with Gasteiger partial charge in [0.05, 0.1) is 0 Å². The summed E-state index contributed by atoms with van der Waals surface area (Å²) >= 11 is 0. The summed E-state index contributed by atoms with van der Waals surface area (Å²) in [5, 5.41) is 5.48. The first-order chi connectivity index (χ1) is 4.33. The Morgan fingerprint density at radius 2 is 2.44 bits per heavy atom. The van der Waals surface area contributed by atoms with Crippen molar-refractivity contribution in [1.29, 1.82) is 0 Å². The molecule has 4 nitrogen and oxygen atoms in total.